The van der Waals surface area contributed by atoms with Crippen LogP contribution >= 0.6 is 11.3 Å². The summed E-state index contributed by atoms with van der Waals surface area (Å²) in [6.45, 7) is 0. The van der Waals surface area contributed by atoms with Gasteiger partial charge in [-0.2, -0.15) is 13.2 Å². The van der Waals surface area contributed by atoms with Crippen LogP contribution in [0.2, 0.25) is 0 Å². The van der Waals surface area contributed by atoms with Gasteiger partial charge in [0, 0.05) is 0 Å². The van der Waals surface area contributed by atoms with Crippen molar-refractivity contribution in [2.24, 2.45) is 5.73 Å². The summed E-state index contributed by atoms with van der Waals surface area (Å²) in [5, 5.41) is 7.50. The van der Waals surface area contributed by atoms with E-state index >= 15 is 0 Å². The molecule has 9 heteroatoms. The fourth-order valence-electron chi connectivity index (χ4n) is 0.978. The largest absolute Gasteiger partial charge is 0.490 e. The molecular weight excluding hydrogens is 285 g/mol. The van der Waals surface area contributed by atoms with Gasteiger partial charge in [0.15, 0.2) is 5.01 Å². The lowest BCUT2D eigenvalue weighted by Gasteiger charge is -1.93. The first-order valence-electron chi connectivity index (χ1n) is 4.67. The molecule has 0 atom stereocenters. The molecule has 1 amide bonds. The van der Waals surface area contributed by atoms with Gasteiger partial charge < -0.3 is 10.8 Å². The summed E-state index contributed by atoms with van der Waals surface area (Å²) in [6.07, 6.45) is -5.08. The molecular formula is C10H7F3N2O3S. The summed E-state index contributed by atoms with van der Waals surface area (Å²) >= 11 is 1.32. The number of carbonyl (C=O) groups is 2. The monoisotopic (exact) mass is 292 g/mol. The van der Waals surface area contributed by atoms with Gasteiger partial charge in [0.25, 0.3) is 5.91 Å². The molecule has 0 radical (unpaired) electrons. The lowest BCUT2D eigenvalue weighted by atomic mass is 10.3. The van der Waals surface area contributed by atoms with Gasteiger partial charge in [-0.15, -0.1) is 11.3 Å². The van der Waals surface area contributed by atoms with Crippen molar-refractivity contribution in [2.75, 3.05) is 0 Å². The van der Waals surface area contributed by atoms with Gasteiger partial charge in [-0.05, 0) is 12.1 Å². The van der Waals surface area contributed by atoms with E-state index in [1.807, 2.05) is 24.3 Å². The van der Waals surface area contributed by atoms with E-state index in [9.17, 15) is 18.0 Å². The Morgan fingerprint density at radius 3 is 2.21 bits per heavy atom. The molecule has 0 spiro atoms. The van der Waals surface area contributed by atoms with Crippen LogP contribution in [0, 0.1) is 0 Å². The number of hydrogen-bond acceptors (Lipinski definition) is 4. The summed E-state index contributed by atoms with van der Waals surface area (Å²) in [6, 6.07) is 7.57. The lowest BCUT2D eigenvalue weighted by molar-refractivity contribution is -0.192. The highest BCUT2D eigenvalue weighted by atomic mass is 32.1. The Hall–Kier alpha value is -2.16. The molecule has 5 nitrogen and oxygen atoms in total. The normalized spacial score (nSPS) is 10.7. The fraction of sp³-hybridized carbons (Fsp3) is 0.100. The van der Waals surface area contributed by atoms with Gasteiger partial charge in [-0.3, -0.25) is 4.79 Å². The molecule has 0 bridgehead atoms. The predicted molar refractivity (Wildman–Crippen MR) is 61.8 cm³/mol. The average Bonchev–Trinajstić information content (AvgIpc) is 2.72. The number of alkyl halides is 3. The molecule has 102 valence electrons. The first kappa shape index (κ1) is 14.9. The Balaban J connectivity index is 0.000000224. The minimum Gasteiger partial charge on any atom is -0.475 e. The van der Waals surface area contributed by atoms with Gasteiger partial charge >= 0.3 is 12.1 Å². The molecule has 3 N–H and O–H groups in total. The maximum Gasteiger partial charge on any atom is 0.490 e. The summed E-state index contributed by atoms with van der Waals surface area (Å²) in [7, 11) is 0. The van der Waals surface area contributed by atoms with E-state index in [1.165, 1.54) is 11.3 Å². The molecule has 2 aromatic rings. The van der Waals surface area contributed by atoms with Crippen molar-refractivity contribution in [3.05, 3.63) is 29.3 Å². The second kappa shape index (κ2) is 5.65. The molecule has 0 aliphatic heterocycles. The summed E-state index contributed by atoms with van der Waals surface area (Å²) in [5.74, 6) is -3.22. The lowest BCUT2D eigenvalue weighted by Crippen LogP contribution is -2.21. The third kappa shape index (κ3) is 4.21. The minimum atomic E-state index is -5.08. The average molecular weight is 292 g/mol. The number of benzene rings is 1. The van der Waals surface area contributed by atoms with Crippen LogP contribution in [0.1, 0.15) is 9.80 Å². The first-order valence-corrected chi connectivity index (χ1v) is 5.49. The molecule has 0 aliphatic rings. The van der Waals surface area contributed by atoms with E-state index in [-0.39, 0.29) is 0 Å². The van der Waals surface area contributed by atoms with Crippen molar-refractivity contribution in [2.45, 2.75) is 6.18 Å². The standard InChI is InChI=1S/C8H6N2OS.C2HF3O2/c9-7(11)8-10-5-3-1-2-4-6(5)12-8;3-2(4,5)1(6)7/h1-4H,(H2,9,11);(H,6,7). The van der Waals surface area contributed by atoms with Crippen LogP contribution in [0.25, 0.3) is 10.2 Å². The van der Waals surface area contributed by atoms with Crippen LogP contribution in [0.5, 0.6) is 0 Å². The third-order valence-electron chi connectivity index (χ3n) is 1.75. The molecule has 0 unspecified atom stereocenters. The highest BCUT2D eigenvalue weighted by Crippen LogP contribution is 2.20. The number of carboxylic acid groups (broad SMARTS) is 1. The van der Waals surface area contributed by atoms with Gasteiger partial charge in [-0.25, -0.2) is 9.78 Å². The number of carbonyl (C=O) groups excluding carboxylic acids is 1. The van der Waals surface area contributed by atoms with Crippen LogP contribution < -0.4 is 5.73 Å². The van der Waals surface area contributed by atoms with Gasteiger partial charge in [0.2, 0.25) is 0 Å². The Morgan fingerprint density at radius 1 is 1.26 bits per heavy atom. The number of aromatic nitrogens is 1. The number of carboxylic acids is 1. The maximum absolute atomic E-state index is 10.7. The van der Waals surface area contributed by atoms with Crippen LogP contribution in [0.15, 0.2) is 24.3 Å². The number of nitrogens with two attached hydrogens (primary N) is 1. The number of rotatable bonds is 1. The number of hydrogen-bond donors (Lipinski definition) is 2. The smallest absolute Gasteiger partial charge is 0.475 e. The molecule has 1 aromatic carbocycles. The number of halogens is 3. The summed E-state index contributed by atoms with van der Waals surface area (Å²) < 4.78 is 32.7. The summed E-state index contributed by atoms with van der Waals surface area (Å²) in [4.78, 5) is 23.7. The topological polar surface area (TPSA) is 93.3 Å². The van der Waals surface area contributed by atoms with E-state index in [0.717, 1.165) is 10.2 Å². The number of primary amides is 1. The molecule has 0 fully saturated rings. The molecule has 0 saturated carbocycles. The van der Waals surface area contributed by atoms with Crippen molar-refractivity contribution in [3.8, 4) is 0 Å². The summed E-state index contributed by atoms with van der Waals surface area (Å²) in [5.41, 5.74) is 5.92. The van der Waals surface area contributed by atoms with Crippen molar-refractivity contribution in [1.82, 2.24) is 4.98 Å². The molecule has 19 heavy (non-hydrogen) atoms. The Labute approximate surface area is 108 Å². The molecule has 2 rings (SSSR count). The van der Waals surface area contributed by atoms with Gasteiger partial charge in [0.05, 0.1) is 10.2 Å². The third-order valence-corrected chi connectivity index (χ3v) is 2.80. The van der Waals surface area contributed by atoms with Gasteiger partial charge in [0.1, 0.15) is 0 Å². The van der Waals surface area contributed by atoms with Crippen LogP contribution in [0.4, 0.5) is 13.2 Å². The number of aliphatic carboxylic acids is 1. The highest BCUT2D eigenvalue weighted by molar-refractivity contribution is 7.20. The number of fused-ring (bicyclic) bond motifs is 1. The Morgan fingerprint density at radius 2 is 1.79 bits per heavy atom. The van der Waals surface area contributed by atoms with Crippen LogP contribution in [-0.4, -0.2) is 28.1 Å². The van der Waals surface area contributed by atoms with E-state index in [2.05, 4.69) is 4.98 Å². The van der Waals surface area contributed by atoms with Crippen molar-refractivity contribution < 1.29 is 27.9 Å². The fourth-order valence-corrected chi connectivity index (χ4v) is 1.80. The number of nitrogens with zero attached hydrogens (tertiary/aromatic N) is 1. The predicted octanol–water partition coefficient (Wildman–Crippen LogP) is 2.03. The number of thiazole rings is 1. The van der Waals surface area contributed by atoms with E-state index in [0.29, 0.717) is 5.01 Å². The zero-order valence-electron chi connectivity index (χ0n) is 9.14. The van der Waals surface area contributed by atoms with Gasteiger partial charge in [-0.1, -0.05) is 12.1 Å². The quantitative estimate of drug-likeness (QED) is 0.841. The maximum atomic E-state index is 10.7. The first-order chi connectivity index (χ1) is 8.71. The van der Waals surface area contributed by atoms with E-state index in [1.54, 1.807) is 0 Å². The van der Waals surface area contributed by atoms with Crippen molar-refractivity contribution in [1.29, 1.82) is 0 Å². The number of amides is 1. The van der Waals surface area contributed by atoms with Crippen LogP contribution in [0.3, 0.4) is 0 Å². The van der Waals surface area contributed by atoms with Crippen molar-refractivity contribution >= 4 is 33.4 Å². The molecule has 1 heterocycles. The SMILES string of the molecule is NC(=O)c1nc2ccccc2s1.O=C(O)C(F)(F)F. The van der Waals surface area contributed by atoms with E-state index in [4.69, 9.17) is 15.6 Å². The molecule has 0 saturated heterocycles. The van der Waals surface area contributed by atoms with Crippen LogP contribution in [-0.2, 0) is 4.79 Å². The molecule has 0 aliphatic carbocycles. The minimum absolute atomic E-state index is 0.371. The Bertz CT molecular complexity index is 576. The number of para-hydroxylation sites is 1. The molecule has 1 aromatic heterocycles. The zero-order valence-corrected chi connectivity index (χ0v) is 9.96. The zero-order chi connectivity index (χ0) is 14.6. The van der Waals surface area contributed by atoms with Crippen molar-refractivity contribution in [3.63, 3.8) is 0 Å². The second-order valence-corrected chi connectivity index (χ2v) is 4.18. The van der Waals surface area contributed by atoms with E-state index < -0.39 is 18.1 Å². The highest BCUT2D eigenvalue weighted by Gasteiger charge is 2.38. The Kier molecular flexibility index (Phi) is 4.43. The second-order valence-electron chi connectivity index (χ2n) is 3.15.